The number of benzene rings is 1. The summed E-state index contributed by atoms with van der Waals surface area (Å²) in [5, 5.41) is 5.48. The molecule has 5 heteroatoms. The molecule has 0 atom stereocenters. The van der Waals surface area contributed by atoms with Crippen LogP contribution in [0.3, 0.4) is 0 Å². The lowest BCUT2D eigenvalue weighted by Gasteiger charge is -2.05. The molecule has 4 nitrogen and oxygen atoms in total. The molecule has 0 bridgehead atoms. The van der Waals surface area contributed by atoms with Gasteiger partial charge in [0, 0.05) is 12.4 Å². The molecule has 0 spiro atoms. The first-order valence-electron chi connectivity index (χ1n) is 6.06. The van der Waals surface area contributed by atoms with E-state index in [0.29, 0.717) is 5.69 Å². The van der Waals surface area contributed by atoms with Gasteiger partial charge in [-0.1, -0.05) is 41.4 Å². The van der Waals surface area contributed by atoms with E-state index in [2.05, 4.69) is 15.6 Å². The molecular formula is C15H14ClN3O. The molecule has 1 aromatic heterocycles. The summed E-state index contributed by atoms with van der Waals surface area (Å²) in [6.07, 6.45) is 4.95. The van der Waals surface area contributed by atoms with Gasteiger partial charge in [0.25, 0.3) is 0 Å². The molecule has 0 aliphatic rings. The zero-order chi connectivity index (χ0) is 14.4. The Kier molecular flexibility index (Phi) is 4.74. The third-order valence-corrected chi connectivity index (χ3v) is 2.84. The van der Waals surface area contributed by atoms with Crippen molar-refractivity contribution >= 4 is 29.4 Å². The molecule has 2 N–H and O–H groups in total. The summed E-state index contributed by atoms with van der Waals surface area (Å²) in [5.74, 6) is 0. The first-order chi connectivity index (χ1) is 9.65. The van der Waals surface area contributed by atoms with Gasteiger partial charge in [0.15, 0.2) is 5.15 Å². The topological polar surface area (TPSA) is 54.0 Å². The van der Waals surface area contributed by atoms with Gasteiger partial charge in [0.05, 0.1) is 5.69 Å². The van der Waals surface area contributed by atoms with E-state index in [-0.39, 0.29) is 11.2 Å². The fourth-order valence-electron chi connectivity index (χ4n) is 1.63. The molecule has 0 aliphatic carbocycles. The standard InChI is InChI=1S/C15H14ClN3O/c1-11-4-2-5-12(10-11)7-9-18-15(20)19-13-6-3-8-17-14(13)16/h2-10H,1H3,(H2,18,19,20)/b9-7+. The SMILES string of the molecule is Cc1cccc(/C=C/NC(=O)Nc2cccnc2Cl)c1. The van der Waals surface area contributed by atoms with Crippen LogP contribution in [-0.4, -0.2) is 11.0 Å². The number of hydrogen-bond donors (Lipinski definition) is 2. The Hall–Kier alpha value is -2.33. The van der Waals surface area contributed by atoms with Crippen molar-refractivity contribution in [2.24, 2.45) is 0 Å². The van der Waals surface area contributed by atoms with E-state index in [1.165, 1.54) is 5.56 Å². The van der Waals surface area contributed by atoms with Crippen LogP contribution in [0.1, 0.15) is 11.1 Å². The minimum Gasteiger partial charge on any atom is -0.314 e. The van der Waals surface area contributed by atoms with E-state index in [4.69, 9.17) is 11.6 Å². The lowest BCUT2D eigenvalue weighted by Crippen LogP contribution is -2.23. The summed E-state index contributed by atoms with van der Waals surface area (Å²) < 4.78 is 0. The molecule has 102 valence electrons. The molecule has 2 amide bonds. The molecule has 0 unspecified atom stereocenters. The summed E-state index contributed by atoms with van der Waals surface area (Å²) in [4.78, 5) is 15.5. The van der Waals surface area contributed by atoms with Crippen LogP contribution >= 0.6 is 11.6 Å². The van der Waals surface area contributed by atoms with Crippen molar-refractivity contribution in [3.8, 4) is 0 Å². The first-order valence-corrected chi connectivity index (χ1v) is 6.44. The molecule has 20 heavy (non-hydrogen) atoms. The molecule has 1 heterocycles. The Morgan fingerprint density at radius 2 is 2.15 bits per heavy atom. The van der Waals surface area contributed by atoms with Crippen molar-refractivity contribution in [1.29, 1.82) is 0 Å². The molecule has 0 radical (unpaired) electrons. The molecule has 0 fully saturated rings. The van der Waals surface area contributed by atoms with Gasteiger partial charge >= 0.3 is 6.03 Å². The van der Waals surface area contributed by atoms with E-state index in [1.807, 2.05) is 37.3 Å². The van der Waals surface area contributed by atoms with Crippen molar-refractivity contribution in [2.75, 3.05) is 5.32 Å². The number of amides is 2. The van der Waals surface area contributed by atoms with Crippen LogP contribution in [0.4, 0.5) is 10.5 Å². The number of aryl methyl sites for hydroxylation is 1. The van der Waals surface area contributed by atoms with Crippen molar-refractivity contribution < 1.29 is 4.79 Å². The Balaban J connectivity index is 1.91. The summed E-state index contributed by atoms with van der Waals surface area (Å²) in [6.45, 7) is 2.02. The Morgan fingerprint density at radius 3 is 2.90 bits per heavy atom. The molecule has 0 saturated heterocycles. The average Bonchev–Trinajstić information content (AvgIpc) is 2.41. The number of nitrogens with zero attached hydrogens (tertiary/aromatic N) is 1. The van der Waals surface area contributed by atoms with E-state index >= 15 is 0 Å². The maximum Gasteiger partial charge on any atom is 0.323 e. The highest BCUT2D eigenvalue weighted by Gasteiger charge is 2.03. The van der Waals surface area contributed by atoms with Crippen molar-refractivity contribution in [3.05, 3.63) is 65.1 Å². The van der Waals surface area contributed by atoms with Gasteiger partial charge in [-0.05, 0) is 30.7 Å². The molecule has 2 rings (SSSR count). The predicted octanol–water partition coefficient (Wildman–Crippen LogP) is 3.84. The molecule has 0 aliphatic heterocycles. The second kappa shape index (κ2) is 6.73. The molecule has 2 aromatic rings. The maximum absolute atomic E-state index is 11.7. The number of pyridine rings is 1. The fourth-order valence-corrected chi connectivity index (χ4v) is 1.79. The zero-order valence-electron chi connectivity index (χ0n) is 10.9. The number of anilines is 1. The van der Waals surface area contributed by atoms with Gasteiger partial charge in [-0.25, -0.2) is 9.78 Å². The largest absolute Gasteiger partial charge is 0.323 e. The summed E-state index contributed by atoms with van der Waals surface area (Å²) >= 11 is 5.84. The number of carbonyl (C=O) groups excluding carboxylic acids is 1. The van der Waals surface area contributed by atoms with Gasteiger partial charge in [0.1, 0.15) is 0 Å². The van der Waals surface area contributed by atoms with E-state index < -0.39 is 0 Å². The van der Waals surface area contributed by atoms with Crippen molar-refractivity contribution in [1.82, 2.24) is 10.3 Å². The first kappa shape index (κ1) is 14.1. The fraction of sp³-hybridized carbons (Fsp3) is 0.0667. The van der Waals surface area contributed by atoms with Gasteiger partial charge in [-0.3, -0.25) is 0 Å². The van der Waals surface area contributed by atoms with Crippen LogP contribution in [0.15, 0.2) is 48.8 Å². The van der Waals surface area contributed by atoms with E-state index in [9.17, 15) is 4.79 Å². The lowest BCUT2D eigenvalue weighted by atomic mass is 10.1. The summed E-state index contributed by atoms with van der Waals surface area (Å²) in [6, 6.07) is 11.0. The minimum absolute atomic E-state index is 0.255. The quantitative estimate of drug-likeness (QED) is 0.843. The van der Waals surface area contributed by atoms with E-state index in [0.717, 1.165) is 5.56 Å². The second-order valence-corrected chi connectivity index (χ2v) is 4.55. The smallest absolute Gasteiger partial charge is 0.314 e. The molecular weight excluding hydrogens is 274 g/mol. The van der Waals surface area contributed by atoms with Crippen LogP contribution < -0.4 is 10.6 Å². The van der Waals surface area contributed by atoms with Crippen molar-refractivity contribution in [3.63, 3.8) is 0 Å². The number of carbonyl (C=O) groups is 1. The Labute approximate surface area is 122 Å². The number of hydrogen-bond acceptors (Lipinski definition) is 2. The van der Waals surface area contributed by atoms with Crippen LogP contribution in [-0.2, 0) is 0 Å². The van der Waals surface area contributed by atoms with Gasteiger partial charge in [-0.2, -0.15) is 0 Å². The normalized spacial score (nSPS) is 10.5. The average molecular weight is 288 g/mol. The van der Waals surface area contributed by atoms with Gasteiger partial charge in [0.2, 0.25) is 0 Å². The third-order valence-electron chi connectivity index (χ3n) is 2.54. The van der Waals surface area contributed by atoms with Crippen LogP contribution in [0.25, 0.3) is 6.08 Å². The zero-order valence-corrected chi connectivity index (χ0v) is 11.7. The third kappa shape index (κ3) is 4.10. The number of urea groups is 1. The number of aromatic nitrogens is 1. The Morgan fingerprint density at radius 1 is 1.30 bits per heavy atom. The number of halogens is 1. The Bertz CT molecular complexity index is 641. The highest BCUT2D eigenvalue weighted by atomic mass is 35.5. The van der Waals surface area contributed by atoms with E-state index in [1.54, 1.807) is 24.5 Å². The molecule has 1 aromatic carbocycles. The predicted molar refractivity (Wildman–Crippen MR) is 81.6 cm³/mol. The summed E-state index contributed by atoms with van der Waals surface area (Å²) in [7, 11) is 0. The minimum atomic E-state index is -0.371. The lowest BCUT2D eigenvalue weighted by molar-refractivity contribution is 0.255. The second-order valence-electron chi connectivity index (χ2n) is 4.19. The van der Waals surface area contributed by atoms with Gasteiger partial charge < -0.3 is 10.6 Å². The number of rotatable bonds is 3. The highest BCUT2D eigenvalue weighted by Crippen LogP contribution is 2.16. The monoisotopic (exact) mass is 287 g/mol. The highest BCUT2D eigenvalue weighted by molar-refractivity contribution is 6.32. The summed E-state index contributed by atoms with van der Waals surface area (Å²) in [5.41, 5.74) is 2.65. The van der Waals surface area contributed by atoms with Gasteiger partial charge in [-0.15, -0.1) is 0 Å². The maximum atomic E-state index is 11.7. The van der Waals surface area contributed by atoms with Crippen molar-refractivity contribution in [2.45, 2.75) is 6.92 Å². The molecule has 0 saturated carbocycles. The van der Waals surface area contributed by atoms with Crippen LogP contribution in [0, 0.1) is 6.92 Å². The van der Waals surface area contributed by atoms with Crippen LogP contribution in [0.5, 0.6) is 0 Å². The van der Waals surface area contributed by atoms with Crippen LogP contribution in [0.2, 0.25) is 5.15 Å². The number of nitrogens with one attached hydrogen (secondary N) is 2.